The molecule has 2 aromatic rings. The van der Waals surface area contributed by atoms with Crippen LogP contribution in [0.25, 0.3) is 0 Å². The molecular weight excluding hydrogens is 346 g/mol. The van der Waals surface area contributed by atoms with Crippen molar-refractivity contribution in [2.24, 2.45) is 5.92 Å². The Bertz CT molecular complexity index is 730. The minimum absolute atomic E-state index is 0.0367. The Kier molecular flexibility index (Phi) is 7.67. The number of amides is 1. The molecule has 6 nitrogen and oxygen atoms in total. The SMILES string of the molecule is CC(CCOc1ccccc1)C(=O)NC(C)c1ccc(OCC(=O)O)cc1. The summed E-state index contributed by atoms with van der Waals surface area (Å²) in [4.78, 5) is 22.9. The highest BCUT2D eigenvalue weighted by Gasteiger charge is 2.16. The molecule has 0 aliphatic carbocycles. The van der Waals surface area contributed by atoms with E-state index in [1.54, 1.807) is 12.1 Å². The molecule has 2 unspecified atom stereocenters. The summed E-state index contributed by atoms with van der Waals surface area (Å²) in [6.07, 6.45) is 0.620. The van der Waals surface area contributed by atoms with Gasteiger partial charge in [0.15, 0.2) is 6.61 Å². The number of hydrogen-bond donors (Lipinski definition) is 2. The third kappa shape index (κ3) is 7.01. The van der Waals surface area contributed by atoms with Gasteiger partial charge in [-0.15, -0.1) is 0 Å². The van der Waals surface area contributed by atoms with Crippen LogP contribution in [0.15, 0.2) is 54.6 Å². The van der Waals surface area contributed by atoms with Crippen molar-refractivity contribution in [3.05, 3.63) is 60.2 Å². The van der Waals surface area contributed by atoms with Crippen LogP contribution in [0, 0.1) is 5.92 Å². The van der Waals surface area contributed by atoms with Gasteiger partial charge in [-0.3, -0.25) is 4.79 Å². The Labute approximate surface area is 159 Å². The maximum atomic E-state index is 12.4. The monoisotopic (exact) mass is 371 g/mol. The van der Waals surface area contributed by atoms with E-state index in [0.29, 0.717) is 18.8 Å². The Morgan fingerprint density at radius 1 is 0.963 bits per heavy atom. The molecule has 2 atom stereocenters. The fourth-order valence-corrected chi connectivity index (χ4v) is 2.44. The largest absolute Gasteiger partial charge is 0.494 e. The van der Waals surface area contributed by atoms with Crippen LogP contribution in [0.3, 0.4) is 0 Å². The third-order valence-corrected chi connectivity index (χ3v) is 4.11. The summed E-state index contributed by atoms with van der Waals surface area (Å²) in [7, 11) is 0. The number of para-hydroxylation sites is 1. The highest BCUT2D eigenvalue weighted by Crippen LogP contribution is 2.18. The molecule has 0 aliphatic rings. The van der Waals surface area contributed by atoms with E-state index in [0.717, 1.165) is 11.3 Å². The van der Waals surface area contributed by atoms with E-state index in [1.807, 2.05) is 56.3 Å². The van der Waals surface area contributed by atoms with Crippen molar-refractivity contribution < 1.29 is 24.2 Å². The second kappa shape index (κ2) is 10.2. The quantitative estimate of drug-likeness (QED) is 0.668. The number of carboxylic acid groups (broad SMARTS) is 1. The first kappa shape index (κ1) is 20.3. The van der Waals surface area contributed by atoms with Gasteiger partial charge in [-0.25, -0.2) is 4.79 Å². The molecule has 0 heterocycles. The Hall–Kier alpha value is -3.02. The van der Waals surface area contributed by atoms with Crippen LogP contribution in [-0.4, -0.2) is 30.2 Å². The normalized spacial score (nSPS) is 12.7. The molecule has 2 N–H and O–H groups in total. The van der Waals surface area contributed by atoms with Crippen molar-refractivity contribution in [3.8, 4) is 11.5 Å². The lowest BCUT2D eigenvalue weighted by Crippen LogP contribution is -2.32. The van der Waals surface area contributed by atoms with E-state index in [-0.39, 0.29) is 24.5 Å². The standard InChI is InChI=1S/C21H25NO5/c1-15(12-13-26-18-6-4-3-5-7-18)21(25)22-16(2)17-8-10-19(11-9-17)27-14-20(23)24/h3-11,15-16H,12-14H2,1-2H3,(H,22,25)(H,23,24). The molecule has 0 radical (unpaired) electrons. The zero-order valence-corrected chi connectivity index (χ0v) is 15.6. The first-order chi connectivity index (χ1) is 13.0. The van der Waals surface area contributed by atoms with Gasteiger partial charge in [0.1, 0.15) is 11.5 Å². The van der Waals surface area contributed by atoms with Crippen LogP contribution in [0.5, 0.6) is 11.5 Å². The summed E-state index contributed by atoms with van der Waals surface area (Å²) >= 11 is 0. The number of hydrogen-bond acceptors (Lipinski definition) is 4. The molecule has 144 valence electrons. The van der Waals surface area contributed by atoms with Crippen molar-refractivity contribution in [3.63, 3.8) is 0 Å². The van der Waals surface area contributed by atoms with Gasteiger partial charge in [0.2, 0.25) is 5.91 Å². The number of rotatable bonds is 10. The smallest absolute Gasteiger partial charge is 0.341 e. The molecule has 0 aromatic heterocycles. The maximum absolute atomic E-state index is 12.4. The van der Waals surface area contributed by atoms with Crippen LogP contribution in [-0.2, 0) is 9.59 Å². The van der Waals surface area contributed by atoms with Gasteiger partial charge in [-0.05, 0) is 43.2 Å². The van der Waals surface area contributed by atoms with Crippen molar-refractivity contribution in [1.82, 2.24) is 5.32 Å². The summed E-state index contributed by atoms with van der Waals surface area (Å²) < 4.78 is 10.7. The van der Waals surface area contributed by atoms with Gasteiger partial charge in [0, 0.05) is 5.92 Å². The lowest BCUT2D eigenvalue weighted by Gasteiger charge is -2.18. The third-order valence-electron chi connectivity index (χ3n) is 4.11. The predicted octanol–water partition coefficient (Wildman–Crippen LogP) is 3.43. The molecule has 0 aliphatic heterocycles. The zero-order chi connectivity index (χ0) is 19.6. The van der Waals surface area contributed by atoms with Crippen molar-refractivity contribution in [1.29, 1.82) is 0 Å². The highest BCUT2D eigenvalue weighted by atomic mass is 16.5. The molecule has 0 saturated heterocycles. The van der Waals surface area contributed by atoms with E-state index in [9.17, 15) is 9.59 Å². The van der Waals surface area contributed by atoms with E-state index in [1.165, 1.54) is 0 Å². The summed E-state index contributed by atoms with van der Waals surface area (Å²) in [5, 5.41) is 11.6. The molecule has 0 bridgehead atoms. The Morgan fingerprint density at radius 2 is 1.59 bits per heavy atom. The number of benzene rings is 2. The topological polar surface area (TPSA) is 84.9 Å². The van der Waals surface area contributed by atoms with Crippen LogP contribution in [0.1, 0.15) is 31.9 Å². The summed E-state index contributed by atoms with van der Waals surface area (Å²) in [6, 6.07) is 16.4. The number of ether oxygens (including phenoxy) is 2. The van der Waals surface area contributed by atoms with Crippen LogP contribution in [0.4, 0.5) is 0 Å². The minimum atomic E-state index is -1.02. The number of nitrogens with one attached hydrogen (secondary N) is 1. The molecule has 0 saturated carbocycles. The van der Waals surface area contributed by atoms with E-state index >= 15 is 0 Å². The Morgan fingerprint density at radius 3 is 2.22 bits per heavy atom. The zero-order valence-electron chi connectivity index (χ0n) is 15.6. The van der Waals surface area contributed by atoms with Crippen molar-refractivity contribution >= 4 is 11.9 Å². The first-order valence-corrected chi connectivity index (χ1v) is 8.88. The number of carboxylic acids is 1. The number of aliphatic carboxylic acids is 1. The fraction of sp³-hybridized carbons (Fsp3) is 0.333. The van der Waals surface area contributed by atoms with Gasteiger partial charge in [-0.2, -0.15) is 0 Å². The molecule has 1 amide bonds. The lowest BCUT2D eigenvalue weighted by molar-refractivity contribution is -0.139. The molecule has 2 aromatic carbocycles. The first-order valence-electron chi connectivity index (χ1n) is 8.88. The van der Waals surface area contributed by atoms with Crippen LogP contribution in [0.2, 0.25) is 0 Å². The predicted molar refractivity (Wildman–Crippen MR) is 102 cm³/mol. The fourth-order valence-electron chi connectivity index (χ4n) is 2.44. The van der Waals surface area contributed by atoms with Crippen molar-refractivity contribution in [2.45, 2.75) is 26.3 Å². The van der Waals surface area contributed by atoms with Gasteiger partial charge >= 0.3 is 5.97 Å². The number of carbonyl (C=O) groups is 2. The molecule has 0 spiro atoms. The molecule has 27 heavy (non-hydrogen) atoms. The maximum Gasteiger partial charge on any atom is 0.341 e. The molecular formula is C21H25NO5. The van der Waals surface area contributed by atoms with E-state index in [4.69, 9.17) is 14.6 Å². The minimum Gasteiger partial charge on any atom is -0.494 e. The Balaban J connectivity index is 1.77. The number of carbonyl (C=O) groups excluding carboxylic acids is 1. The summed E-state index contributed by atoms with van der Waals surface area (Å²) in [5.41, 5.74) is 0.916. The van der Waals surface area contributed by atoms with Crippen molar-refractivity contribution in [2.75, 3.05) is 13.2 Å². The van der Waals surface area contributed by atoms with Crippen LogP contribution < -0.4 is 14.8 Å². The average Bonchev–Trinajstić information content (AvgIpc) is 2.67. The second-order valence-electron chi connectivity index (χ2n) is 6.33. The average molecular weight is 371 g/mol. The van der Waals surface area contributed by atoms with Gasteiger partial charge in [0.25, 0.3) is 0 Å². The van der Waals surface area contributed by atoms with Gasteiger partial charge in [0.05, 0.1) is 12.6 Å². The summed E-state index contributed by atoms with van der Waals surface area (Å²) in [6.45, 7) is 3.87. The highest BCUT2D eigenvalue weighted by molar-refractivity contribution is 5.78. The van der Waals surface area contributed by atoms with Gasteiger partial charge < -0.3 is 19.9 Å². The molecule has 6 heteroatoms. The van der Waals surface area contributed by atoms with Gasteiger partial charge in [-0.1, -0.05) is 37.3 Å². The van der Waals surface area contributed by atoms with E-state index < -0.39 is 5.97 Å². The second-order valence-corrected chi connectivity index (χ2v) is 6.33. The lowest BCUT2D eigenvalue weighted by atomic mass is 10.0. The summed E-state index contributed by atoms with van der Waals surface area (Å²) in [5.74, 6) is 0.0411. The molecule has 2 rings (SSSR count). The van der Waals surface area contributed by atoms with E-state index in [2.05, 4.69) is 5.32 Å². The van der Waals surface area contributed by atoms with Crippen LogP contribution >= 0.6 is 0 Å². The molecule has 0 fully saturated rings.